The number of carbonyl (C=O) groups is 1. The van der Waals surface area contributed by atoms with E-state index in [1.807, 2.05) is 16.7 Å². The van der Waals surface area contributed by atoms with E-state index in [1.54, 1.807) is 6.07 Å². The summed E-state index contributed by atoms with van der Waals surface area (Å²) in [5, 5.41) is 0. The van der Waals surface area contributed by atoms with Crippen LogP contribution in [0.2, 0.25) is 0 Å². The number of rotatable bonds is 3. The maximum atomic E-state index is 13.2. The number of alkyl halides is 3. The van der Waals surface area contributed by atoms with Gasteiger partial charge in [-0.1, -0.05) is 0 Å². The number of halogens is 3. The minimum atomic E-state index is -4.45. The number of anilines is 1. The summed E-state index contributed by atoms with van der Waals surface area (Å²) < 4.78 is 38.7. The lowest BCUT2D eigenvalue weighted by Crippen LogP contribution is -2.49. The zero-order chi connectivity index (χ0) is 21.9. The Kier molecular flexibility index (Phi) is 4.71. The maximum absolute atomic E-state index is 13.2. The normalized spacial score (nSPS) is 20.6. The molecule has 0 radical (unpaired) electrons. The molecule has 0 spiro atoms. The third-order valence-corrected chi connectivity index (χ3v) is 7.00. The van der Waals surface area contributed by atoms with E-state index in [9.17, 15) is 18.0 Å². The molecule has 0 aromatic carbocycles. The molecule has 0 N–H and O–H groups in total. The van der Waals surface area contributed by atoms with Crippen molar-refractivity contribution < 1.29 is 18.0 Å². The molecule has 0 bridgehead atoms. The Morgan fingerprint density at radius 3 is 2.77 bits per heavy atom. The van der Waals surface area contributed by atoms with Crippen molar-refractivity contribution in [2.75, 3.05) is 18.0 Å². The molecule has 31 heavy (non-hydrogen) atoms. The summed E-state index contributed by atoms with van der Waals surface area (Å²) in [7, 11) is 0. The van der Waals surface area contributed by atoms with E-state index in [4.69, 9.17) is 4.98 Å². The fourth-order valence-corrected chi connectivity index (χ4v) is 5.24. The minimum Gasteiger partial charge on any atom is -0.371 e. The summed E-state index contributed by atoms with van der Waals surface area (Å²) in [6.45, 7) is 5.95. The van der Waals surface area contributed by atoms with Gasteiger partial charge in [-0.05, 0) is 56.4 Å². The van der Waals surface area contributed by atoms with Crippen molar-refractivity contribution in [2.24, 2.45) is 5.92 Å². The van der Waals surface area contributed by atoms with Gasteiger partial charge in [0.15, 0.2) is 0 Å². The number of aryl methyl sites for hydroxylation is 2. The molecule has 164 valence electrons. The molecule has 8 heteroatoms. The molecule has 1 aliphatic carbocycles. The zero-order valence-electron chi connectivity index (χ0n) is 17.7. The first-order valence-corrected chi connectivity index (χ1v) is 10.8. The molecule has 0 saturated carbocycles. The molecule has 1 fully saturated rings. The Hall–Kier alpha value is -2.64. The van der Waals surface area contributed by atoms with Gasteiger partial charge in [0.25, 0.3) is 0 Å². The molecule has 2 aromatic heterocycles. The van der Waals surface area contributed by atoms with E-state index in [-0.39, 0.29) is 17.9 Å². The first-order chi connectivity index (χ1) is 14.7. The van der Waals surface area contributed by atoms with Crippen molar-refractivity contribution in [1.29, 1.82) is 0 Å². The van der Waals surface area contributed by atoms with E-state index in [0.717, 1.165) is 36.7 Å². The van der Waals surface area contributed by atoms with Gasteiger partial charge < -0.3 is 9.80 Å². The van der Waals surface area contributed by atoms with E-state index in [2.05, 4.69) is 11.9 Å². The smallest absolute Gasteiger partial charge is 0.371 e. The van der Waals surface area contributed by atoms with Crippen molar-refractivity contribution in [1.82, 2.24) is 14.9 Å². The SMILES string of the molecule is Cc1nc2c3c(c1C)CN(C(=O)CC1CN(c4ccnc(C(F)(F)F)c4)C1)C3CCC2. The number of hydrogen-bond donors (Lipinski definition) is 0. The summed E-state index contributed by atoms with van der Waals surface area (Å²) >= 11 is 0. The quantitative estimate of drug-likeness (QED) is 0.726. The topological polar surface area (TPSA) is 49.3 Å². The summed E-state index contributed by atoms with van der Waals surface area (Å²) in [6, 6.07) is 2.80. The summed E-state index contributed by atoms with van der Waals surface area (Å²) in [6.07, 6.45) is 0.161. The highest BCUT2D eigenvalue weighted by Gasteiger charge is 2.41. The van der Waals surface area contributed by atoms with Crippen molar-refractivity contribution >= 4 is 11.6 Å². The van der Waals surface area contributed by atoms with Crippen molar-refractivity contribution in [3.05, 3.63) is 52.1 Å². The second-order valence-corrected chi connectivity index (χ2v) is 8.96. The predicted molar refractivity (Wildman–Crippen MR) is 109 cm³/mol. The highest BCUT2D eigenvalue weighted by atomic mass is 19.4. The number of carbonyl (C=O) groups excluding carboxylic acids is 1. The van der Waals surface area contributed by atoms with Gasteiger partial charge in [0.2, 0.25) is 5.91 Å². The zero-order valence-corrected chi connectivity index (χ0v) is 17.7. The molecule has 2 aromatic rings. The largest absolute Gasteiger partial charge is 0.433 e. The van der Waals surface area contributed by atoms with Gasteiger partial charge in [-0.25, -0.2) is 0 Å². The number of aromatic nitrogens is 2. The van der Waals surface area contributed by atoms with Crippen molar-refractivity contribution in [3.8, 4) is 0 Å². The van der Waals surface area contributed by atoms with Crippen LogP contribution in [0.15, 0.2) is 18.3 Å². The van der Waals surface area contributed by atoms with Gasteiger partial charge >= 0.3 is 6.18 Å². The van der Waals surface area contributed by atoms with Gasteiger partial charge in [0.1, 0.15) is 5.69 Å². The molecule has 1 unspecified atom stereocenters. The van der Waals surface area contributed by atoms with Crippen LogP contribution in [0.4, 0.5) is 18.9 Å². The van der Waals surface area contributed by atoms with Crippen LogP contribution in [0.5, 0.6) is 0 Å². The molecule has 4 heterocycles. The average Bonchev–Trinajstić information content (AvgIpc) is 3.09. The molecule has 5 rings (SSSR count). The van der Waals surface area contributed by atoms with Gasteiger partial charge in [-0.15, -0.1) is 0 Å². The lowest BCUT2D eigenvalue weighted by molar-refractivity contribution is -0.141. The van der Waals surface area contributed by atoms with Crippen LogP contribution in [0, 0.1) is 19.8 Å². The first-order valence-electron chi connectivity index (χ1n) is 10.8. The van der Waals surface area contributed by atoms with E-state index >= 15 is 0 Å². The lowest BCUT2D eigenvalue weighted by Gasteiger charge is -2.42. The van der Waals surface area contributed by atoms with Crippen LogP contribution in [0.25, 0.3) is 0 Å². The van der Waals surface area contributed by atoms with Gasteiger partial charge in [0.05, 0.1) is 6.04 Å². The Morgan fingerprint density at radius 2 is 2.03 bits per heavy atom. The Balaban J connectivity index is 1.25. The summed E-state index contributed by atoms with van der Waals surface area (Å²) in [5.74, 6) is 0.296. The Morgan fingerprint density at radius 1 is 1.26 bits per heavy atom. The van der Waals surface area contributed by atoms with Crippen molar-refractivity contribution in [2.45, 2.75) is 58.3 Å². The van der Waals surface area contributed by atoms with E-state index in [1.165, 1.54) is 22.9 Å². The molecule has 1 saturated heterocycles. The molecule has 3 aliphatic rings. The van der Waals surface area contributed by atoms with Crippen LogP contribution in [-0.4, -0.2) is 33.9 Å². The standard InChI is InChI=1S/C23H25F3N4O/c1-13-14(2)28-18-4-3-5-19-22(18)17(13)12-30(19)21(31)8-15-10-29(11-15)16-6-7-27-20(9-16)23(24,25)26/h6-7,9,15,19H,3-5,8,10-12H2,1-2H3. The number of nitrogens with zero attached hydrogens (tertiary/aromatic N) is 4. The second kappa shape index (κ2) is 7.21. The summed E-state index contributed by atoms with van der Waals surface area (Å²) in [5.41, 5.74) is 5.56. The monoisotopic (exact) mass is 430 g/mol. The third kappa shape index (κ3) is 3.46. The number of hydrogen-bond acceptors (Lipinski definition) is 4. The van der Waals surface area contributed by atoms with Crippen LogP contribution in [0.1, 0.15) is 59.1 Å². The Bertz CT molecular complexity index is 1050. The van der Waals surface area contributed by atoms with Gasteiger partial charge in [0, 0.05) is 60.8 Å². The molecule has 5 nitrogen and oxygen atoms in total. The number of amides is 1. The second-order valence-electron chi connectivity index (χ2n) is 8.96. The fourth-order valence-electron chi connectivity index (χ4n) is 5.24. The van der Waals surface area contributed by atoms with Gasteiger partial charge in [-0.3, -0.25) is 14.8 Å². The van der Waals surface area contributed by atoms with Crippen LogP contribution in [-0.2, 0) is 23.9 Å². The minimum absolute atomic E-state index is 0.128. The van der Waals surface area contributed by atoms with Crippen LogP contribution >= 0.6 is 0 Å². The predicted octanol–water partition coefficient (Wildman–Crippen LogP) is 4.36. The molecule has 2 aliphatic heterocycles. The highest BCUT2D eigenvalue weighted by Crippen LogP contribution is 2.44. The highest BCUT2D eigenvalue weighted by molar-refractivity contribution is 5.79. The number of pyridine rings is 2. The Labute approximate surface area is 179 Å². The summed E-state index contributed by atoms with van der Waals surface area (Å²) in [4.78, 5) is 25.3. The molecule has 1 atom stereocenters. The fraction of sp³-hybridized carbons (Fsp3) is 0.522. The third-order valence-electron chi connectivity index (χ3n) is 7.00. The first kappa shape index (κ1) is 20.3. The maximum Gasteiger partial charge on any atom is 0.433 e. The molecular weight excluding hydrogens is 405 g/mol. The van der Waals surface area contributed by atoms with Gasteiger partial charge in [-0.2, -0.15) is 13.2 Å². The molecular formula is C23H25F3N4O. The van der Waals surface area contributed by atoms with Crippen molar-refractivity contribution in [3.63, 3.8) is 0 Å². The average molecular weight is 430 g/mol. The van der Waals surface area contributed by atoms with E-state index in [0.29, 0.717) is 31.7 Å². The van der Waals surface area contributed by atoms with Crippen LogP contribution < -0.4 is 4.90 Å². The van der Waals surface area contributed by atoms with E-state index < -0.39 is 11.9 Å². The van der Waals surface area contributed by atoms with Crippen LogP contribution in [0.3, 0.4) is 0 Å². The lowest BCUT2D eigenvalue weighted by atomic mass is 9.88. The molecule has 1 amide bonds.